The van der Waals surface area contributed by atoms with Crippen LogP contribution in [-0.4, -0.2) is 35.3 Å². The van der Waals surface area contributed by atoms with Crippen molar-refractivity contribution in [2.75, 3.05) is 18.1 Å². The van der Waals surface area contributed by atoms with E-state index in [1.165, 1.54) is 4.90 Å². The highest BCUT2D eigenvalue weighted by molar-refractivity contribution is 7.17. The van der Waals surface area contributed by atoms with Gasteiger partial charge in [0.25, 0.3) is 0 Å². The Hall–Kier alpha value is -3.19. The first-order valence-corrected chi connectivity index (χ1v) is 10.2. The lowest BCUT2D eigenvalue weighted by molar-refractivity contribution is 0.0701. The lowest BCUT2D eigenvalue weighted by atomic mass is 9.98. The number of carbonyl (C=O) groups is 2. The van der Waals surface area contributed by atoms with E-state index in [0.29, 0.717) is 17.4 Å². The van der Waals surface area contributed by atoms with Gasteiger partial charge in [-0.1, -0.05) is 59.9 Å². The van der Waals surface area contributed by atoms with Gasteiger partial charge in [-0.2, -0.15) is 0 Å². The summed E-state index contributed by atoms with van der Waals surface area (Å²) in [6, 6.07) is 16.3. The van der Waals surface area contributed by atoms with Crippen LogP contribution >= 0.6 is 11.3 Å². The predicted octanol–water partition coefficient (Wildman–Crippen LogP) is 4.93. The van der Waals surface area contributed by atoms with Crippen LogP contribution in [0.4, 0.5) is 9.93 Å². The number of aromatic nitrogens is 1. The summed E-state index contributed by atoms with van der Waals surface area (Å²) in [6.45, 7) is 3.97. The number of amides is 1. The molecule has 1 amide bonds. The number of thiazole rings is 1. The SMILES string of the molecule is CCN(C(=O)OCC1c2ccccc2-c2ccccc21)c1nc(C)c(C(=O)O)s1. The number of aryl methyl sites for hydroxylation is 1. The Kier molecular flexibility index (Phi) is 5.07. The van der Waals surface area contributed by atoms with Gasteiger partial charge in [-0.25, -0.2) is 14.6 Å². The molecule has 0 saturated heterocycles. The summed E-state index contributed by atoms with van der Waals surface area (Å²) in [7, 11) is 0. The highest BCUT2D eigenvalue weighted by Crippen LogP contribution is 2.44. The number of carboxylic acid groups (broad SMARTS) is 1. The molecule has 3 aromatic rings. The summed E-state index contributed by atoms with van der Waals surface area (Å²) in [5.41, 5.74) is 5.00. The van der Waals surface area contributed by atoms with Gasteiger partial charge in [0, 0.05) is 12.5 Å². The lowest BCUT2D eigenvalue weighted by Gasteiger charge is -2.20. The molecule has 1 aliphatic carbocycles. The summed E-state index contributed by atoms with van der Waals surface area (Å²) in [4.78, 5) is 29.8. The second-order valence-electron chi connectivity index (χ2n) is 6.76. The zero-order valence-electron chi connectivity index (χ0n) is 16.1. The summed E-state index contributed by atoms with van der Waals surface area (Å²) in [5.74, 6) is -1.08. The maximum atomic E-state index is 12.8. The lowest BCUT2D eigenvalue weighted by Crippen LogP contribution is -2.32. The number of anilines is 1. The van der Waals surface area contributed by atoms with Gasteiger partial charge in [0.05, 0.1) is 5.69 Å². The van der Waals surface area contributed by atoms with Crippen LogP contribution in [0.3, 0.4) is 0 Å². The Labute approximate surface area is 172 Å². The first-order chi connectivity index (χ1) is 14.0. The molecular formula is C22H20N2O4S. The van der Waals surface area contributed by atoms with Crippen LogP contribution in [0.25, 0.3) is 11.1 Å². The molecule has 7 heteroatoms. The fourth-order valence-electron chi connectivity index (χ4n) is 3.71. The van der Waals surface area contributed by atoms with Crippen molar-refractivity contribution in [3.05, 3.63) is 70.2 Å². The van der Waals surface area contributed by atoms with E-state index in [4.69, 9.17) is 4.74 Å². The number of aromatic carboxylic acids is 1. The molecule has 0 fully saturated rings. The molecule has 0 bridgehead atoms. The third kappa shape index (κ3) is 3.38. The van der Waals surface area contributed by atoms with Crippen molar-refractivity contribution in [2.24, 2.45) is 0 Å². The molecule has 1 aliphatic rings. The Morgan fingerprint density at radius 2 is 1.69 bits per heavy atom. The molecular weight excluding hydrogens is 388 g/mol. The number of hydrogen-bond acceptors (Lipinski definition) is 5. The van der Waals surface area contributed by atoms with Crippen LogP contribution in [0.5, 0.6) is 0 Å². The van der Waals surface area contributed by atoms with Gasteiger partial charge in [-0.05, 0) is 36.1 Å². The van der Waals surface area contributed by atoms with Gasteiger partial charge in [-0.15, -0.1) is 0 Å². The van der Waals surface area contributed by atoms with Crippen molar-refractivity contribution < 1.29 is 19.4 Å². The average molecular weight is 408 g/mol. The van der Waals surface area contributed by atoms with Gasteiger partial charge in [0.15, 0.2) is 5.13 Å². The molecule has 0 atom stereocenters. The number of ether oxygens (including phenoxy) is 1. The van der Waals surface area contributed by atoms with Crippen LogP contribution < -0.4 is 4.90 Å². The van der Waals surface area contributed by atoms with Crippen molar-refractivity contribution >= 4 is 28.5 Å². The molecule has 0 radical (unpaired) electrons. The van der Waals surface area contributed by atoms with Crippen molar-refractivity contribution in [1.29, 1.82) is 0 Å². The van der Waals surface area contributed by atoms with E-state index in [0.717, 1.165) is 33.6 Å². The van der Waals surface area contributed by atoms with E-state index >= 15 is 0 Å². The molecule has 6 nitrogen and oxygen atoms in total. The van der Waals surface area contributed by atoms with Crippen LogP contribution in [0.15, 0.2) is 48.5 Å². The van der Waals surface area contributed by atoms with Crippen molar-refractivity contribution in [1.82, 2.24) is 4.98 Å². The van der Waals surface area contributed by atoms with Crippen LogP contribution in [0.1, 0.15) is 39.3 Å². The van der Waals surface area contributed by atoms with Gasteiger partial charge >= 0.3 is 12.1 Å². The summed E-state index contributed by atoms with van der Waals surface area (Å²) < 4.78 is 5.66. The molecule has 0 unspecified atom stereocenters. The zero-order chi connectivity index (χ0) is 20.5. The third-order valence-corrected chi connectivity index (χ3v) is 6.25. The summed E-state index contributed by atoms with van der Waals surface area (Å²) in [5, 5.41) is 9.57. The monoisotopic (exact) mass is 408 g/mol. The summed E-state index contributed by atoms with van der Waals surface area (Å²) >= 11 is 0.978. The minimum atomic E-state index is -1.05. The van der Waals surface area contributed by atoms with Crippen LogP contribution in [-0.2, 0) is 4.74 Å². The summed E-state index contributed by atoms with van der Waals surface area (Å²) in [6.07, 6.45) is -0.528. The van der Waals surface area contributed by atoms with Gasteiger partial charge in [0.2, 0.25) is 0 Å². The Bertz CT molecular complexity index is 1050. The maximum Gasteiger partial charge on any atom is 0.416 e. The molecule has 0 saturated carbocycles. The largest absolute Gasteiger partial charge is 0.477 e. The smallest absolute Gasteiger partial charge is 0.416 e. The van der Waals surface area contributed by atoms with E-state index in [2.05, 4.69) is 29.2 Å². The number of hydrogen-bond donors (Lipinski definition) is 1. The molecule has 4 rings (SSSR count). The van der Waals surface area contributed by atoms with E-state index in [1.54, 1.807) is 13.8 Å². The number of carboxylic acids is 1. The van der Waals surface area contributed by atoms with Crippen molar-refractivity contribution in [3.8, 4) is 11.1 Å². The first kappa shape index (κ1) is 19.1. The number of rotatable bonds is 5. The fourth-order valence-corrected chi connectivity index (χ4v) is 4.67. The minimum Gasteiger partial charge on any atom is -0.477 e. The topological polar surface area (TPSA) is 79.7 Å². The van der Waals surface area contributed by atoms with Crippen molar-refractivity contribution in [2.45, 2.75) is 19.8 Å². The Balaban J connectivity index is 1.55. The van der Waals surface area contributed by atoms with E-state index < -0.39 is 12.1 Å². The van der Waals surface area contributed by atoms with Crippen LogP contribution in [0, 0.1) is 6.92 Å². The number of fused-ring (bicyclic) bond motifs is 3. The Morgan fingerprint density at radius 3 is 2.21 bits per heavy atom. The average Bonchev–Trinajstić information content (AvgIpc) is 3.25. The minimum absolute atomic E-state index is 0.0299. The number of carbonyl (C=O) groups excluding carboxylic acids is 1. The maximum absolute atomic E-state index is 12.8. The first-order valence-electron chi connectivity index (χ1n) is 9.34. The number of benzene rings is 2. The van der Waals surface area contributed by atoms with E-state index in [9.17, 15) is 14.7 Å². The van der Waals surface area contributed by atoms with Gasteiger partial charge in [-0.3, -0.25) is 4.90 Å². The highest BCUT2D eigenvalue weighted by atomic mass is 32.1. The molecule has 0 spiro atoms. The standard InChI is InChI=1S/C22H20N2O4S/c1-3-24(21-23-13(2)19(29-21)20(25)26)22(27)28-12-18-16-10-6-4-8-14(16)15-9-5-7-11-17(15)18/h4-11,18H,3,12H2,1-2H3,(H,25,26). The van der Waals surface area contributed by atoms with E-state index in [1.807, 2.05) is 24.3 Å². The third-order valence-electron chi connectivity index (χ3n) is 5.08. The second-order valence-corrected chi connectivity index (χ2v) is 7.74. The second kappa shape index (κ2) is 7.67. The van der Waals surface area contributed by atoms with Gasteiger partial charge < -0.3 is 9.84 Å². The zero-order valence-corrected chi connectivity index (χ0v) is 16.9. The molecule has 29 heavy (non-hydrogen) atoms. The fraction of sp³-hybridized carbons (Fsp3) is 0.227. The normalized spacial score (nSPS) is 12.3. The molecule has 148 valence electrons. The van der Waals surface area contributed by atoms with E-state index in [-0.39, 0.29) is 17.4 Å². The van der Waals surface area contributed by atoms with Crippen LogP contribution in [0.2, 0.25) is 0 Å². The van der Waals surface area contributed by atoms with Crippen molar-refractivity contribution in [3.63, 3.8) is 0 Å². The number of nitrogens with zero attached hydrogens (tertiary/aromatic N) is 2. The molecule has 1 heterocycles. The molecule has 1 N–H and O–H groups in total. The molecule has 0 aliphatic heterocycles. The molecule has 1 aromatic heterocycles. The van der Waals surface area contributed by atoms with Gasteiger partial charge in [0.1, 0.15) is 11.5 Å². The molecule has 2 aromatic carbocycles. The highest BCUT2D eigenvalue weighted by Gasteiger charge is 2.30. The Morgan fingerprint density at radius 1 is 1.10 bits per heavy atom. The quantitative estimate of drug-likeness (QED) is 0.648. The predicted molar refractivity (Wildman–Crippen MR) is 112 cm³/mol.